The summed E-state index contributed by atoms with van der Waals surface area (Å²) in [5.41, 5.74) is 13.8. The molecule has 3 nitrogen and oxygen atoms in total. The second kappa shape index (κ2) is 12.3. The van der Waals surface area contributed by atoms with Crippen molar-refractivity contribution in [2.45, 2.75) is 24.8 Å². The summed E-state index contributed by atoms with van der Waals surface area (Å²) in [6.45, 7) is 0. The minimum atomic E-state index is 0.364. The number of allylic oxidation sites excluding steroid dienone is 1. The normalized spacial score (nSPS) is 16.4. The third kappa shape index (κ3) is 4.61. The molecule has 8 aromatic carbocycles. The number of para-hydroxylation sites is 4. The zero-order valence-corrected chi connectivity index (χ0v) is 32.5. The van der Waals surface area contributed by atoms with E-state index in [2.05, 4.69) is 202 Å². The highest BCUT2D eigenvalue weighted by molar-refractivity contribution is 7.25. The van der Waals surface area contributed by atoms with Crippen LogP contribution in [0.4, 0.5) is 11.4 Å². The molecule has 58 heavy (non-hydrogen) atoms. The fourth-order valence-electron chi connectivity index (χ4n) is 10.4. The zero-order valence-electron chi connectivity index (χ0n) is 31.7. The van der Waals surface area contributed by atoms with Crippen molar-refractivity contribution in [3.05, 3.63) is 194 Å². The van der Waals surface area contributed by atoms with Gasteiger partial charge in [-0.3, -0.25) is 0 Å². The molecule has 1 aliphatic carbocycles. The highest BCUT2D eigenvalue weighted by Gasteiger charge is 2.38. The molecule has 13 rings (SSSR count). The van der Waals surface area contributed by atoms with E-state index in [1.807, 2.05) is 11.3 Å². The summed E-state index contributed by atoms with van der Waals surface area (Å²) >= 11 is 1.89. The number of benzene rings is 8. The number of anilines is 2. The largest absolute Gasteiger partial charge is 0.334 e. The van der Waals surface area contributed by atoms with E-state index in [0.29, 0.717) is 12.0 Å². The SMILES string of the molecule is C1=CC2C(CC1)c1ccccc1N2c1ccc2sc3ccc(-n4c5ccccc5c5cc(-c6cccc(-n7c8ccccc8c8ccccc87)c6)ccc54)cc3c2c1. The van der Waals surface area contributed by atoms with Crippen LogP contribution in [0.2, 0.25) is 0 Å². The molecule has 4 heteroatoms. The van der Waals surface area contributed by atoms with Crippen LogP contribution in [0, 0.1) is 0 Å². The first-order valence-corrected chi connectivity index (χ1v) is 21.2. The van der Waals surface area contributed by atoms with E-state index >= 15 is 0 Å². The standard InChI is InChI=1S/C54H37N3S/c1-6-19-47-39(14-1)40-15-2-7-20-48(40)55(47)36-13-11-12-34(30-36)35-24-27-52-44(31-35)43-18-5-10-23-51(43)57(52)38-26-29-54-46(33-38)45-32-37(25-28-53(45)58-54)56-49-21-8-3-16-41(49)42-17-4-9-22-50(42)56/h1-3,5-16,18-33,42,50H,4,17H2. The van der Waals surface area contributed by atoms with E-state index < -0.39 is 0 Å². The maximum Gasteiger partial charge on any atom is 0.0591 e. The minimum absolute atomic E-state index is 0.364. The van der Waals surface area contributed by atoms with Crippen LogP contribution in [0.15, 0.2) is 188 Å². The summed E-state index contributed by atoms with van der Waals surface area (Å²) in [5.74, 6) is 0.544. The Morgan fingerprint density at radius 3 is 1.76 bits per heavy atom. The van der Waals surface area contributed by atoms with Crippen molar-refractivity contribution in [3.8, 4) is 22.5 Å². The lowest BCUT2D eigenvalue weighted by Gasteiger charge is -2.30. The Labute approximate surface area is 339 Å². The predicted molar refractivity (Wildman–Crippen MR) is 247 cm³/mol. The van der Waals surface area contributed by atoms with Crippen LogP contribution in [0.3, 0.4) is 0 Å². The topological polar surface area (TPSA) is 13.1 Å². The summed E-state index contributed by atoms with van der Waals surface area (Å²) in [7, 11) is 0. The smallest absolute Gasteiger partial charge is 0.0591 e. The number of fused-ring (bicyclic) bond motifs is 12. The van der Waals surface area contributed by atoms with Gasteiger partial charge in [0.25, 0.3) is 0 Å². The number of hydrogen-bond acceptors (Lipinski definition) is 2. The van der Waals surface area contributed by atoms with Gasteiger partial charge in [-0.1, -0.05) is 103 Å². The summed E-state index contributed by atoms with van der Waals surface area (Å²) in [4.78, 5) is 2.59. The number of rotatable bonds is 4. The van der Waals surface area contributed by atoms with Crippen LogP contribution in [0.5, 0.6) is 0 Å². The highest BCUT2D eigenvalue weighted by Crippen LogP contribution is 2.50. The Balaban J connectivity index is 0.940. The van der Waals surface area contributed by atoms with E-state index in [9.17, 15) is 0 Å². The van der Waals surface area contributed by atoms with Gasteiger partial charge in [-0.05, 0) is 114 Å². The average molecular weight is 760 g/mol. The van der Waals surface area contributed by atoms with Gasteiger partial charge < -0.3 is 14.0 Å². The van der Waals surface area contributed by atoms with Crippen molar-refractivity contribution in [2.24, 2.45) is 0 Å². The lowest BCUT2D eigenvalue weighted by Crippen LogP contribution is -2.29. The van der Waals surface area contributed by atoms with Crippen molar-refractivity contribution in [1.82, 2.24) is 9.13 Å². The molecule has 0 amide bonds. The molecule has 1 aliphatic heterocycles. The Hall–Kier alpha value is -6.88. The van der Waals surface area contributed by atoms with Crippen molar-refractivity contribution in [3.63, 3.8) is 0 Å². The van der Waals surface area contributed by atoms with Gasteiger partial charge in [-0.2, -0.15) is 0 Å². The molecule has 2 aliphatic rings. The summed E-state index contributed by atoms with van der Waals surface area (Å²) in [6, 6.07) is 66.0. The van der Waals surface area contributed by atoms with E-state index in [0.717, 1.165) is 6.42 Å². The molecule has 11 aromatic rings. The van der Waals surface area contributed by atoms with Crippen LogP contribution in [0.25, 0.3) is 86.3 Å². The molecule has 0 spiro atoms. The predicted octanol–water partition coefficient (Wildman–Crippen LogP) is 14.9. The Morgan fingerprint density at radius 1 is 0.431 bits per heavy atom. The molecule has 274 valence electrons. The van der Waals surface area contributed by atoms with Crippen molar-refractivity contribution >= 4 is 86.5 Å². The molecule has 0 bridgehead atoms. The number of nitrogens with zero attached hydrogens (tertiary/aromatic N) is 3. The highest BCUT2D eigenvalue weighted by atomic mass is 32.1. The van der Waals surface area contributed by atoms with Crippen LogP contribution in [-0.2, 0) is 0 Å². The molecule has 0 saturated heterocycles. The van der Waals surface area contributed by atoms with Crippen LogP contribution < -0.4 is 4.90 Å². The van der Waals surface area contributed by atoms with E-state index in [1.165, 1.54) is 110 Å². The number of hydrogen-bond donors (Lipinski definition) is 0. The van der Waals surface area contributed by atoms with Gasteiger partial charge in [0.1, 0.15) is 0 Å². The van der Waals surface area contributed by atoms with E-state index in [4.69, 9.17) is 0 Å². The maximum atomic E-state index is 2.59. The van der Waals surface area contributed by atoms with Crippen LogP contribution in [-0.4, -0.2) is 15.2 Å². The van der Waals surface area contributed by atoms with Gasteiger partial charge in [0.2, 0.25) is 0 Å². The lowest BCUT2D eigenvalue weighted by atomic mass is 9.86. The van der Waals surface area contributed by atoms with E-state index in [1.54, 1.807) is 0 Å². The molecule has 4 heterocycles. The van der Waals surface area contributed by atoms with Gasteiger partial charge >= 0.3 is 0 Å². The Kier molecular flexibility index (Phi) is 6.84. The molecule has 0 N–H and O–H groups in total. The van der Waals surface area contributed by atoms with Crippen molar-refractivity contribution in [1.29, 1.82) is 0 Å². The molecule has 0 radical (unpaired) electrons. The van der Waals surface area contributed by atoms with Gasteiger partial charge in [0, 0.05) is 70.4 Å². The molecule has 0 fully saturated rings. The fraction of sp³-hybridized carbons (Fsp3) is 0.0741. The van der Waals surface area contributed by atoms with Gasteiger partial charge in [0.05, 0.1) is 28.1 Å². The quantitative estimate of drug-likeness (QED) is 0.163. The molecular formula is C54H37N3S. The van der Waals surface area contributed by atoms with Crippen LogP contribution >= 0.6 is 11.3 Å². The molecule has 0 saturated carbocycles. The third-order valence-electron chi connectivity index (χ3n) is 12.9. The molecular weight excluding hydrogens is 723 g/mol. The van der Waals surface area contributed by atoms with Crippen molar-refractivity contribution < 1.29 is 0 Å². The second-order valence-electron chi connectivity index (χ2n) is 16.0. The lowest BCUT2D eigenvalue weighted by molar-refractivity contribution is 0.573. The first kappa shape index (κ1) is 32.2. The molecule has 2 unspecified atom stereocenters. The van der Waals surface area contributed by atoms with Crippen LogP contribution in [0.1, 0.15) is 24.3 Å². The van der Waals surface area contributed by atoms with E-state index in [-0.39, 0.29) is 0 Å². The van der Waals surface area contributed by atoms with Gasteiger partial charge in [0.15, 0.2) is 0 Å². The number of aromatic nitrogens is 2. The van der Waals surface area contributed by atoms with Gasteiger partial charge in [-0.15, -0.1) is 11.3 Å². The number of thiophene rings is 1. The fourth-order valence-corrected chi connectivity index (χ4v) is 11.5. The first-order valence-electron chi connectivity index (χ1n) is 20.4. The third-order valence-corrected chi connectivity index (χ3v) is 14.1. The summed E-state index contributed by atoms with van der Waals surface area (Å²) in [5, 5.41) is 7.71. The molecule has 3 aromatic heterocycles. The van der Waals surface area contributed by atoms with Crippen molar-refractivity contribution in [2.75, 3.05) is 4.90 Å². The monoisotopic (exact) mass is 759 g/mol. The summed E-state index contributed by atoms with van der Waals surface area (Å²) < 4.78 is 7.51. The first-order chi connectivity index (χ1) is 28.8. The second-order valence-corrected chi connectivity index (χ2v) is 17.1. The average Bonchev–Trinajstić information content (AvgIpc) is 4.02. The zero-order chi connectivity index (χ0) is 37.9. The summed E-state index contributed by atoms with van der Waals surface area (Å²) in [6.07, 6.45) is 7.18. The Morgan fingerprint density at radius 2 is 1.02 bits per heavy atom. The van der Waals surface area contributed by atoms with Gasteiger partial charge in [-0.25, -0.2) is 0 Å². The maximum absolute atomic E-state index is 2.59. The molecule has 2 atom stereocenters. The minimum Gasteiger partial charge on any atom is -0.334 e. The Bertz CT molecular complexity index is 3450.